The van der Waals surface area contributed by atoms with E-state index < -0.39 is 36.0 Å². The monoisotopic (exact) mass is 488 g/mol. The SMILES string of the molecule is COC(=O)C(CC(=O)OCCCCCCOC(=O)CC(NC(C)(C)C)C(=O)OC)NC(C)(C)C. The lowest BCUT2D eigenvalue weighted by atomic mass is 10.1. The number of carbonyl (C=O) groups is 4. The lowest BCUT2D eigenvalue weighted by Gasteiger charge is -2.26. The van der Waals surface area contributed by atoms with Crippen LogP contribution in [0.1, 0.15) is 80.1 Å². The normalized spacial score (nSPS) is 13.5. The van der Waals surface area contributed by atoms with Gasteiger partial charge >= 0.3 is 23.9 Å². The number of ether oxygens (including phenoxy) is 4. The van der Waals surface area contributed by atoms with Crippen molar-refractivity contribution in [2.24, 2.45) is 0 Å². The molecular formula is C24H44N2O8. The maximum absolute atomic E-state index is 12.0. The first kappa shape index (κ1) is 31.8. The number of methoxy groups -OCH3 is 2. The van der Waals surface area contributed by atoms with Gasteiger partial charge in [-0.1, -0.05) is 0 Å². The number of hydrogen-bond donors (Lipinski definition) is 2. The second-order valence-corrected chi connectivity index (χ2v) is 10.2. The van der Waals surface area contributed by atoms with Gasteiger partial charge in [0.25, 0.3) is 0 Å². The summed E-state index contributed by atoms with van der Waals surface area (Å²) < 4.78 is 19.9. The summed E-state index contributed by atoms with van der Waals surface area (Å²) in [4.78, 5) is 47.8. The van der Waals surface area contributed by atoms with Gasteiger partial charge in [0, 0.05) is 11.1 Å². The third-order valence-electron chi connectivity index (χ3n) is 4.49. The summed E-state index contributed by atoms with van der Waals surface area (Å²) in [6, 6.07) is -1.52. The van der Waals surface area contributed by atoms with Gasteiger partial charge in [0.05, 0.1) is 40.3 Å². The van der Waals surface area contributed by atoms with E-state index in [-0.39, 0.29) is 37.1 Å². The number of unbranched alkanes of at least 4 members (excludes halogenated alkanes) is 3. The molecule has 0 bridgehead atoms. The van der Waals surface area contributed by atoms with Crippen LogP contribution in [0.25, 0.3) is 0 Å². The number of hydrogen-bond acceptors (Lipinski definition) is 10. The molecule has 0 heterocycles. The summed E-state index contributed by atoms with van der Waals surface area (Å²) in [5.74, 6) is -1.95. The topological polar surface area (TPSA) is 129 Å². The maximum atomic E-state index is 12.0. The van der Waals surface area contributed by atoms with Gasteiger partial charge in [-0.25, -0.2) is 0 Å². The number of rotatable bonds is 15. The molecule has 0 aliphatic rings. The van der Waals surface area contributed by atoms with Crippen molar-refractivity contribution in [1.82, 2.24) is 10.6 Å². The molecule has 0 aliphatic carbocycles. The molecule has 0 aromatic rings. The van der Waals surface area contributed by atoms with E-state index in [4.69, 9.17) is 18.9 Å². The van der Waals surface area contributed by atoms with Gasteiger partial charge in [0.1, 0.15) is 12.1 Å². The Balaban J connectivity index is 4.10. The summed E-state index contributed by atoms with van der Waals surface area (Å²) in [5, 5.41) is 6.11. The van der Waals surface area contributed by atoms with Crippen molar-refractivity contribution < 1.29 is 38.1 Å². The highest BCUT2D eigenvalue weighted by Crippen LogP contribution is 2.09. The highest BCUT2D eigenvalue weighted by atomic mass is 16.5. The molecule has 0 aliphatic heterocycles. The maximum Gasteiger partial charge on any atom is 0.323 e. The molecule has 0 fully saturated rings. The Kier molecular flexibility index (Phi) is 14.6. The van der Waals surface area contributed by atoms with E-state index in [1.807, 2.05) is 41.5 Å². The Morgan fingerprint density at radius 1 is 0.618 bits per heavy atom. The van der Waals surface area contributed by atoms with E-state index in [1.54, 1.807) is 0 Å². The van der Waals surface area contributed by atoms with Crippen molar-refractivity contribution in [3.8, 4) is 0 Å². The Bertz CT molecular complexity index is 596. The summed E-state index contributed by atoms with van der Waals surface area (Å²) in [6.45, 7) is 11.9. The second-order valence-electron chi connectivity index (χ2n) is 10.2. The van der Waals surface area contributed by atoms with Gasteiger partial charge in [0.15, 0.2) is 0 Å². The van der Waals surface area contributed by atoms with Crippen LogP contribution < -0.4 is 10.6 Å². The van der Waals surface area contributed by atoms with Crippen molar-refractivity contribution >= 4 is 23.9 Å². The number of nitrogens with one attached hydrogen (secondary N) is 2. The summed E-state index contributed by atoms with van der Waals surface area (Å²) in [5.41, 5.74) is -0.710. The summed E-state index contributed by atoms with van der Waals surface area (Å²) in [7, 11) is 2.56. The minimum Gasteiger partial charge on any atom is -0.468 e. The molecule has 34 heavy (non-hydrogen) atoms. The van der Waals surface area contributed by atoms with Crippen LogP contribution in [-0.4, -0.2) is 74.5 Å². The minimum absolute atomic E-state index is 0.101. The Hall–Kier alpha value is -2.20. The fourth-order valence-electron chi connectivity index (χ4n) is 3.10. The molecule has 10 heteroatoms. The number of carbonyl (C=O) groups excluding carboxylic acids is 4. The molecule has 0 radical (unpaired) electrons. The van der Waals surface area contributed by atoms with Crippen LogP contribution in [0.15, 0.2) is 0 Å². The van der Waals surface area contributed by atoms with Crippen molar-refractivity contribution in [2.75, 3.05) is 27.4 Å². The Labute approximate surface area is 203 Å². The van der Waals surface area contributed by atoms with E-state index in [9.17, 15) is 19.2 Å². The molecule has 2 N–H and O–H groups in total. The van der Waals surface area contributed by atoms with Crippen LogP contribution in [0.3, 0.4) is 0 Å². The van der Waals surface area contributed by atoms with Crippen molar-refractivity contribution in [3.05, 3.63) is 0 Å². The second kappa shape index (κ2) is 15.7. The fourth-order valence-corrected chi connectivity index (χ4v) is 3.10. The Morgan fingerprint density at radius 3 is 1.21 bits per heavy atom. The van der Waals surface area contributed by atoms with Crippen LogP contribution >= 0.6 is 0 Å². The minimum atomic E-state index is -0.760. The van der Waals surface area contributed by atoms with Crippen LogP contribution in [0.5, 0.6) is 0 Å². The lowest BCUT2D eigenvalue weighted by Crippen LogP contribution is -2.49. The zero-order valence-electron chi connectivity index (χ0n) is 22.1. The van der Waals surface area contributed by atoms with Crippen molar-refractivity contribution in [1.29, 1.82) is 0 Å². The Morgan fingerprint density at radius 2 is 0.941 bits per heavy atom. The predicted octanol–water partition coefficient (Wildman–Crippen LogP) is 2.27. The standard InChI is InChI=1S/C24H44N2O8/c1-23(2,3)25-17(21(29)31-7)15-19(27)33-13-11-9-10-12-14-34-20(28)16-18(22(30)32-8)26-24(4,5)6/h17-18,25-26H,9-16H2,1-8H3. The van der Waals surface area contributed by atoms with E-state index in [2.05, 4.69) is 10.6 Å². The molecule has 2 unspecified atom stereocenters. The molecule has 2 atom stereocenters. The van der Waals surface area contributed by atoms with Gasteiger partial charge in [-0.15, -0.1) is 0 Å². The first-order chi connectivity index (χ1) is 15.7. The van der Waals surface area contributed by atoms with Crippen molar-refractivity contribution in [3.63, 3.8) is 0 Å². The summed E-state index contributed by atoms with van der Waals surface area (Å²) >= 11 is 0. The van der Waals surface area contributed by atoms with E-state index in [0.717, 1.165) is 12.8 Å². The average Bonchev–Trinajstić information content (AvgIpc) is 2.71. The molecule has 0 aromatic carbocycles. The van der Waals surface area contributed by atoms with Crippen molar-refractivity contribution in [2.45, 2.75) is 103 Å². The smallest absolute Gasteiger partial charge is 0.323 e. The van der Waals surface area contributed by atoms with E-state index in [1.165, 1.54) is 14.2 Å². The zero-order chi connectivity index (χ0) is 26.4. The fraction of sp³-hybridized carbons (Fsp3) is 0.833. The number of esters is 4. The van der Waals surface area contributed by atoms with Gasteiger partial charge in [0.2, 0.25) is 0 Å². The third kappa shape index (κ3) is 16.4. The molecular weight excluding hydrogens is 444 g/mol. The predicted molar refractivity (Wildman–Crippen MR) is 127 cm³/mol. The summed E-state index contributed by atoms with van der Waals surface area (Å²) in [6.07, 6.45) is 2.71. The molecule has 0 spiro atoms. The van der Waals surface area contributed by atoms with Crippen LogP contribution in [0.4, 0.5) is 0 Å². The van der Waals surface area contributed by atoms with Gasteiger partial charge in [-0.3, -0.25) is 29.8 Å². The quantitative estimate of drug-likeness (QED) is 0.201. The molecule has 0 rings (SSSR count). The third-order valence-corrected chi connectivity index (χ3v) is 4.49. The molecule has 0 saturated heterocycles. The van der Waals surface area contributed by atoms with Crippen LogP contribution in [0.2, 0.25) is 0 Å². The first-order valence-corrected chi connectivity index (χ1v) is 11.7. The zero-order valence-corrected chi connectivity index (χ0v) is 22.1. The first-order valence-electron chi connectivity index (χ1n) is 11.7. The van der Waals surface area contributed by atoms with E-state index >= 15 is 0 Å². The highest BCUT2D eigenvalue weighted by Gasteiger charge is 2.28. The average molecular weight is 489 g/mol. The van der Waals surface area contributed by atoms with Crippen LogP contribution in [-0.2, 0) is 38.1 Å². The van der Waals surface area contributed by atoms with E-state index in [0.29, 0.717) is 12.8 Å². The van der Waals surface area contributed by atoms with Gasteiger partial charge in [-0.05, 0) is 67.2 Å². The van der Waals surface area contributed by atoms with Crippen LogP contribution in [0, 0.1) is 0 Å². The highest BCUT2D eigenvalue weighted by molar-refractivity contribution is 5.83. The molecule has 10 nitrogen and oxygen atoms in total. The molecule has 0 saturated carbocycles. The molecule has 198 valence electrons. The molecule has 0 amide bonds. The largest absolute Gasteiger partial charge is 0.468 e. The van der Waals surface area contributed by atoms with Gasteiger partial charge in [-0.2, -0.15) is 0 Å². The van der Waals surface area contributed by atoms with Gasteiger partial charge < -0.3 is 18.9 Å². The lowest BCUT2D eigenvalue weighted by molar-refractivity contribution is -0.151. The molecule has 0 aromatic heterocycles.